The number of hydrogen-bond donors (Lipinski definition) is 2. The van der Waals surface area contributed by atoms with Crippen molar-refractivity contribution in [1.29, 1.82) is 5.53 Å². The van der Waals surface area contributed by atoms with Crippen LogP contribution in [0.2, 0.25) is 0 Å². The Balaban J connectivity index is 3.18. The zero-order chi connectivity index (χ0) is 8.27. The van der Waals surface area contributed by atoms with Gasteiger partial charge in [0.25, 0.3) is 0 Å². The first kappa shape index (κ1) is 7.40. The molecule has 0 aromatic heterocycles. The van der Waals surface area contributed by atoms with Gasteiger partial charge in [-0.05, 0) is 18.2 Å². The van der Waals surface area contributed by atoms with E-state index in [-0.39, 0.29) is 0 Å². The number of carbonyl (C=O) groups is 1. The lowest BCUT2D eigenvalue weighted by atomic mass is 10.2. The lowest BCUT2D eigenvalue weighted by Crippen LogP contribution is -1.87. The van der Waals surface area contributed by atoms with E-state index in [2.05, 4.69) is 5.11 Å². The first-order valence-electron chi connectivity index (χ1n) is 3.00. The maximum atomic E-state index is 10.2. The van der Waals surface area contributed by atoms with Gasteiger partial charge in [0.05, 0.1) is 5.69 Å². The fraction of sp³-hybridized carbons (Fsp3) is 0. The Morgan fingerprint density at radius 2 is 2.27 bits per heavy atom. The molecule has 0 unspecified atom stereocenters. The van der Waals surface area contributed by atoms with Gasteiger partial charge in [-0.1, -0.05) is 0 Å². The highest BCUT2D eigenvalue weighted by molar-refractivity contribution is 5.79. The van der Waals surface area contributed by atoms with E-state index in [4.69, 9.17) is 11.3 Å². The van der Waals surface area contributed by atoms with Crippen LogP contribution in [0.15, 0.2) is 23.3 Å². The Bertz CT molecular complexity index is 296. The number of hydrogen-bond acceptors (Lipinski definition) is 4. The van der Waals surface area contributed by atoms with Gasteiger partial charge in [0.1, 0.15) is 12.0 Å². The third-order valence-electron chi connectivity index (χ3n) is 1.31. The van der Waals surface area contributed by atoms with Crippen molar-refractivity contribution in [3.8, 4) is 0 Å². The molecule has 1 aromatic rings. The van der Waals surface area contributed by atoms with Crippen LogP contribution in [-0.2, 0) is 0 Å². The van der Waals surface area contributed by atoms with Crippen molar-refractivity contribution in [3.05, 3.63) is 23.8 Å². The first-order valence-corrected chi connectivity index (χ1v) is 3.00. The molecule has 0 aliphatic carbocycles. The van der Waals surface area contributed by atoms with Crippen molar-refractivity contribution in [1.82, 2.24) is 0 Å². The van der Waals surface area contributed by atoms with Gasteiger partial charge in [0.2, 0.25) is 0 Å². The van der Waals surface area contributed by atoms with Gasteiger partial charge in [0, 0.05) is 5.56 Å². The molecule has 4 nitrogen and oxygen atoms in total. The molecule has 0 heterocycles. The number of nitrogens with zero attached hydrogens (tertiary/aromatic N) is 1. The summed E-state index contributed by atoms with van der Waals surface area (Å²) in [5, 5.41) is 3.15. The van der Waals surface area contributed by atoms with Crippen molar-refractivity contribution in [2.24, 2.45) is 5.11 Å². The summed E-state index contributed by atoms with van der Waals surface area (Å²) in [5.41, 5.74) is 13.3. The highest BCUT2D eigenvalue weighted by atomic mass is 16.1. The van der Waals surface area contributed by atoms with Crippen LogP contribution in [0.1, 0.15) is 10.4 Å². The monoisotopic (exact) mass is 149 g/mol. The highest BCUT2D eigenvalue weighted by Gasteiger charge is 1.97. The molecular formula is C7H7N3O. The van der Waals surface area contributed by atoms with E-state index in [1.54, 1.807) is 6.07 Å². The van der Waals surface area contributed by atoms with E-state index >= 15 is 0 Å². The van der Waals surface area contributed by atoms with Crippen molar-refractivity contribution >= 4 is 17.7 Å². The second kappa shape index (κ2) is 2.92. The van der Waals surface area contributed by atoms with Gasteiger partial charge in [0.15, 0.2) is 0 Å². The van der Waals surface area contributed by atoms with Crippen LogP contribution in [0, 0.1) is 5.53 Å². The third-order valence-corrected chi connectivity index (χ3v) is 1.31. The Morgan fingerprint density at radius 1 is 1.55 bits per heavy atom. The minimum atomic E-state index is 0.351. The Morgan fingerprint density at radius 3 is 2.73 bits per heavy atom. The normalized spacial score (nSPS) is 9.09. The predicted molar refractivity (Wildman–Crippen MR) is 41.0 cm³/mol. The maximum Gasteiger partial charge on any atom is 0.150 e. The van der Waals surface area contributed by atoms with Crippen LogP contribution in [0.3, 0.4) is 0 Å². The summed E-state index contributed by atoms with van der Waals surface area (Å²) in [6, 6.07) is 4.59. The molecule has 1 rings (SSSR count). The van der Waals surface area contributed by atoms with Crippen molar-refractivity contribution in [2.45, 2.75) is 0 Å². The Hall–Kier alpha value is -1.71. The number of rotatable bonds is 2. The summed E-state index contributed by atoms with van der Waals surface area (Å²) in [4.78, 5) is 10.2. The lowest BCUT2D eigenvalue weighted by Gasteiger charge is -1.97. The van der Waals surface area contributed by atoms with Gasteiger partial charge in [-0.3, -0.25) is 4.79 Å². The summed E-state index contributed by atoms with van der Waals surface area (Å²) in [5.74, 6) is 0. The van der Waals surface area contributed by atoms with Crippen LogP contribution in [-0.4, -0.2) is 6.29 Å². The topological polar surface area (TPSA) is 79.3 Å². The summed E-state index contributed by atoms with van der Waals surface area (Å²) in [6.07, 6.45) is 0.698. The minimum Gasteiger partial charge on any atom is -0.397 e. The molecule has 0 radical (unpaired) electrons. The highest BCUT2D eigenvalue weighted by Crippen LogP contribution is 2.21. The molecule has 0 spiro atoms. The van der Waals surface area contributed by atoms with Crippen LogP contribution in [0.5, 0.6) is 0 Å². The summed E-state index contributed by atoms with van der Waals surface area (Å²) >= 11 is 0. The molecule has 1 aromatic carbocycles. The molecule has 0 amide bonds. The molecule has 56 valence electrons. The summed E-state index contributed by atoms with van der Waals surface area (Å²) in [7, 11) is 0. The number of benzene rings is 1. The molecule has 0 saturated carbocycles. The minimum absolute atomic E-state index is 0.351. The standard InChI is InChI=1S/C7H7N3O/c8-6-3-5(4-11)1-2-7(6)10-9/h1-4,9H,8H2. The van der Waals surface area contributed by atoms with E-state index in [1.165, 1.54) is 12.1 Å². The Labute approximate surface area is 63.5 Å². The fourth-order valence-electron chi connectivity index (χ4n) is 0.748. The van der Waals surface area contributed by atoms with Crippen LogP contribution >= 0.6 is 0 Å². The molecule has 4 heteroatoms. The van der Waals surface area contributed by atoms with Gasteiger partial charge < -0.3 is 5.73 Å². The van der Waals surface area contributed by atoms with Gasteiger partial charge >= 0.3 is 0 Å². The summed E-state index contributed by atoms with van der Waals surface area (Å²) < 4.78 is 0. The number of nitrogen functional groups attached to an aromatic ring is 1. The largest absolute Gasteiger partial charge is 0.397 e. The summed E-state index contributed by atoms with van der Waals surface area (Å²) in [6.45, 7) is 0. The average molecular weight is 149 g/mol. The molecule has 0 aliphatic heterocycles. The van der Waals surface area contributed by atoms with Crippen LogP contribution < -0.4 is 5.73 Å². The van der Waals surface area contributed by atoms with E-state index in [1.807, 2.05) is 0 Å². The van der Waals surface area contributed by atoms with Crippen molar-refractivity contribution in [3.63, 3.8) is 0 Å². The number of carbonyl (C=O) groups excluding carboxylic acids is 1. The van der Waals surface area contributed by atoms with Gasteiger partial charge in [-0.15, -0.1) is 0 Å². The maximum absolute atomic E-state index is 10.2. The van der Waals surface area contributed by atoms with E-state index in [9.17, 15) is 4.79 Å². The molecule has 11 heavy (non-hydrogen) atoms. The molecular weight excluding hydrogens is 142 g/mol. The van der Waals surface area contributed by atoms with E-state index in [0.717, 1.165) is 0 Å². The Kier molecular flexibility index (Phi) is 1.96. The second-order valence-corrected chi connectivity index (χ2v) is 2.05. The molecule has 0 fully saturated rings. The molecule has 0 atom stereocenters. The van der Waals surface area contributed by atoms with Gasteiger partial charge in [-0.25, -0.2) is 5.53 Å². The molecule has 3 N–H and O–H groups in total. The van der Waals surface area contributed by atoms with Gasteiger partial charge in [-0.2, -0.15) is 5.11 Å². The van der Waals surface area contributed by atoms with Crippen molar-refractivity contribution in [2.75, 3.05) is 5.73 Å². The number of nitrogens with one attached hydrogen (secondary N) is 1. The zero-order valence-corrected chi connectivity index (χ0v) is 5.74. The second-order valence-electron chi connectivity index (χ2n) is 2.05. The van der Waals surface area contributed by atoms with E-state index < -0.39 is 0 Å². The zero-order valence-electron chi connectivity index (χ0n) is 5.74. The average Bonchev–Trinajstić information content (AvgIpc) is 2.04. The van der Waals surface area contributed by atoms with Crippen LogP contribution in [0.25, 0.3) is 0 Å². The quantitative estimate of drug-likeness (QED) is 0.381. The van der Waals surface area contributed by atoms with Crippen LogP contribution in [0.4, 0.5) is 11.4 Å². The smallest absolute Gasteiger partial charge is 0.150 e. The molecule has 0 saturated heterocycles. The number of aldehydes is 1. The molecule has 0 aliphatic rings. The third kappa shape index (κ3) is 1.40. The fourth-order valence-corrected chi connectivity index (χ4v) is 0.748. The first-order chi connectivity index (χ1) is 5.27. The predicted octanol–water partition coefficient (Wildman–Crippen LogP) is 1.74. The van der Waals surface area contributed by atoms with E-state index in [0.29, 0.717) is 23.2 Å². The number of nitrogens with two attached hydrogens (primary N) is 1. The number of anilines is 1. The van der Waals surface area contributed by atoms with Crippen molar-refractivity contribution < 1.29 is 4.79 Å². The molecule has 0 bridgehead atoms. The SMILES string of the molecule is N=Nc1ccc(C=O)cc1N. The lowest BCUT2D eigenvalue weighted by molar-refractivity contribution is 0.112.